The van der Waals surface area contributed by atoms with Crippen molar-refractivity contribution in [3.05, 3.63) is 47.2 Å². The minimum atomic E-state index is -0.104. The number of hydrogen-bond acceptors (Lipinski definition) is 5. The predicted octanol–water partition coefficient (Wildman–Crippen LogP) is 4.86. The van der Waals surface area contributed by atoms with Gasteiger partial charge in [0.25, 0.3) is 0 Å². The number of aliphatic hydroxyl groups is 1. The van der Waals surface area contributed by atoms with Gasteiger partial charge in [-0.05, 0) is 55.5 Å². The van der Waals surface area contributed by atoms with Gasteiger partial charge in [0.1, 0.15) is 11.4 Å². The summed E-state index contributed by atoms with van der Waals surface area (Å²) in [5, 5.41) is 10.4. The molecule has 1 saturated heterocycles. The van der Waals surface area contributed by atoms with Crippen molar-refractivity contribution in [3.8, 4) is 17.0 Å². The number of anilines is 1. The molecule has 33 heavy (non-hydrogen) atoms. The summed E-state index contributed by atoms with van der Waals surface area (Å²) < 4.78 is 7.33. The van der Waals surface area contributed by atoms with E-state index in [4.69, 9.17) is 21.3 Å². The molecule has 3 aromatic rings. The number of fused-ring (bicyclic) bond motifs is 1. The Hall–Kier alpha value is -2.28. The first-order valence-electron chi connectivity index (χ1n) is 12.1. The van der Waals surface area contributed by atoms with Gasteiger partial charge >= 0.3 is 0 Å². The molecule has 0 atom stereocenters. The van der Waals surface area contributed by atoms with Crippen molar-refractivity contribution in [2.45, 2.75) is 38.7 Å². The highest BCUT2D eigenvalue weighted by molar-refractivity contribution is 6.32. The summed E-state index contributed by atoms with van der Waals surface area (Å²) in [6.07, 6.45) is 10.9. The third-order valence-corrected chi connectivity index (χ3v) is 7.51. The number of pyridine rings is 1. The van der Waals surface area contributed by atoms with E-state index in [-0.39, 0.29) is 6.61 Å². The molecule has 0 amide bonds. The van der Waals surface area contributed by atoms with E-state index >= 15 is 0 Å². The fourth-order valence-corrected chi connectivity index (χ4v) is 5.63. The van der Waals surface area contributed by atoms with Gasteiger partial charge in [0.15, 0.2) is 0 Å². The maximum Gasteiger partial charge on any atom is 0.139 e. The lowest BCUT2D eigenvalue weighted by Gasteiger charge is -2.25. The van der Waals surface area contributed by atoms with Gasteiger partial charge in [-0.15, -0.1) is 0 Å². The number of aliphatic hydroxyl groups excluding tert-OH is 1. The SMILES string of the molecule is COc1cc(CO)c(-c2cn3ccc(N4CCCN(CC5CCCC5)CC4)cc3n2)cc1Cl. The summed E-state index contributed by atoms with van der Waals surface area (Å²) in [4.78, 5) is 10.0. The van der Waals surface area contributed by atoms with E-state index in [0.29, 0.717) is 10.8 Å². The molecule has 1 aliphatic heterocycles. The standard InChI is InChI=1S/C26H33ClN4O2/c1-33-25-13-20(18-32)22(15-23(25)27)24-17-31-10-7-21(14-26(31)28-24)30-9-4-8-29(11-12-30)16-19-5-2-3-6-19/h7,10,13-15,17,19,32H,2-6,8-9,11-12,16,18H2,1H3. The van der Waals surface area contributed by atoms with E-state index in [2.05, 4.69) is 28.1 Å². The molecule has 6 nitrogen and oxygen atoms in total. The Morgan fingerprint density at radius 3 is 2.73 bits per heavy atom. The van der Waals surface area contributed by atoms with Gasteiger partial charge in [0.05, 0.1) is 24.4 Å². The van der Waals surface area contributed by atoms with Crippen molar-refractivity contribution in [2.75, 3.05) is 44.7 Å². The van der Waals surface area contributed by atoms with E-state index < -0.39 is 0 Å². The number of hydrogen-bond donors (Lipinski definition) is 1. The fraction of sp³-hybridized carbons (Fsp3) is 0.500. The van der Waals surface area contributed by atoms with E-state index in [9.17, 15) is 5.11 Å². The van der Waals surface area contributed by atoms with Crippen LogP contribution in [0.1, 0.15) is 37.7 Å². The molecule has 1 aliphatic carbocycles. The molecule has 1 N–H and O–H groups in total. The largest absolute Gasteiger partial charge is 0.495 e. The Labute approximate surface area is 200 Å². The van der Waals surface area contributed by atoms with Crippen LogP contribution in [0.2, 0.25) is 5.02 Å². The van der Waals surface area contributed by atoms with Crippen molar-refractivity contribution in [1.29, 1.82) is 0 Å². The van der Waals surface area contributed by atoms with Crippen LogP contribution < -0.4 is 9.64 Å². The summed E-state index contributed by atoms with van der Waals surface area (Å²) in [5.41, 5.74) is 4.47. The highest BCUT2D eigenvalue weighted by atomic mass is 35.5. The Bertz CT molecular complexity index is 1110. The molecule has 0 unspecified atom stereocenters. The molecule has 2 fully saturated rings. The Morgan fingerprint density at radius 2 is 1.94 bits per heavy atom. The number of nitrogens with zero attached hydrogens (tertiary/aromatic N) is 4. The van der Waals surface area contributed by atoms with E-state index in [1.165, 1.54) is 50.9 Å². The summed E-state index contributed by atoms with van der Waals surface area (Å²) in [6, 6.07) is 7.95. The van der Waals surface area contributed by atoms with Crippen molar-refractivity contribution < 1.29 is 9.84 Å². The van der Waals surface area contributed by atoms with Crippen LogP contribution in [0.5, 0.6) is 5.75 Å². The van der Waals surface area contributed by atoms with Gasteiger partial charge in [-0.3, -0.25) is 0 Å². The second-order valence-electron chi connectivity index (χ2n) is 9.37. The molecule has 1 aromatic carbocycles. The summed E-state index contributed by atoms with van der Waals surface area (Å²) in [6.45, 7) is 5.63. The van der Waals surface area contributed by atoms with Crippen LogP contribution in [-0.2, 0) is 6.61 Å². The number of benzene rings is 1. The zero-order valence-corrected chi connectivity index (χ0v) is 20.1. The lowest BCUT2D eigenvalue weighted by molar-refractivity contribution is 0.246. The zero-order valence-electron chi connectivity index (χ0n) is 19.3. The van der Waals surface area contributed by atoms with Crippen LogP contribution in [0.3, 0.4) is 0 Å². The molecule has 7 heteroatoms. The van der Waals surface area contributed by atoms with E-state index in [1.807, 2.05) is 16.7 Å². The molecular weight excluding hydrogens is 436 g/mol. The molecule has 0 bridgehead atoms. The number of rotatable bonds is 6. The Kier molecular flexibility index (Phi) is 6.76. The lowest BCUT2D eigenvalue weighted by Crippen LogP contribution is -2.33. The molecule has 5 rings (SSSR count). The van der Waals surface area contributed by atoms with Gasteiger partial charge in [-0.1, -0.05) is 24.4 Å². The first kappa shape index (κ1) is 22.5. The second-order valence-corrected chi connectivity index (χ2v) is 9.78. The summed E-state index contributed by atoms with van der Waals surface area (Å²) in [7, 11) is 1.57. The van der Waals surface area contributed by atoms with Crippen LogP contribution in [0.4, 0.5) is 5.69 Å². The average Bonchev–Trinajstić information content (AvgIpc) is 3.44. The molecule has 176 valence electrons. The third-order valence-electron chi connectivity index (χ3n) is 7.21. The zero-order chi connectivity index (χ0) is 22.8. The first-order chi connectivity index (χ1) is 16.1. The van der Waals surface area contributed by atoms with Gasteiger partial charge in [0, 0.05) is 55.9 Å². The molecular formula is C26H33ClN4O2. The maximum absolute atomic E-state index is 9.87. The highest BCUT2D eigenvalue weighted by Gasteiger charge is 2.21. The maximum atomic E-state index is 9.87. The Balaban J connectivity index is 1.35. The minimum Gasteiger partial charge on any atom is -0.495 e. The molecule has 0 radical (unpaired) electrons. The van der Waals surface area contributed by atoms with Crippen LogP contribution in [0.15, 0.2) is 36.7 Å². The number of methoxy groups -OCH3 is 1. The number of halogens is 1. The van der Waals surface area contributed by atoms with E-state index in [1.54, 1.807) is 13.2 Å². The van der Waals surface area contributed by atoms with Crippen molar-refractivity contribution >= 4 is 22.9 Å². The molecule has 2 aliphatic rings. The smallest absolute Gasteiger partial charge is 0.139 e. The molecule has 2 aromatic heterocycles. The summed E-state index contributed by atoms with van der Waals surface area (Å²) in [5.74, 6) is 1.46. The third kappa shape index (κ3) is 4.84. The van der Waals surface area contributed by atoms with Gasteiger partial charge in [-0.2, -0.15) is 0 Å². The first-order valence-corrected chi connectivity index (χ1v) is 12.5. The topological polar surface area (TPSA) is 53.2 Å². The van der Waals surface area contributed by atoms with Crippen LogP contribution in [0.25, 0.3) is 16.9 Å². The van der Waals surface area contributed by atoms with Crippen LogP contribution >= 0.6 is 11.6 Å². The van der Waals surface area contributed by atoms with Crippen LogP contribution in [0, 0.1) is 5.92 Å². The van der Waals surface area contributed by atoms with Gasteiger partial charge < -0.3 is 24.0 Å². The fourth-order valence-electron chi connectivity index (χ4n) is 5.39. The van der Waals surface area contributed by atoms with Crippen molar-refractivity contribution in [2.24, 2.45) is 5.92 Å². The lowest BCUT2D eigenvalue weighted by atomic mass is 10.1. The average molecular weight is 469 g/mol. The Morgan fingerprint density at radius 1 is 1.09 bits per heavy atom. The minimum absolute atomic E-state index is 0.104. The predicted molar refractivity (Wildman–Crippen MR) is 133 cm³/mol. The quantitative estimate of drug-likeness (QED) is 0.560. The van der Waals surface area contributed by atoms with Gasteiger partial charge in [-0.25, -0.2) is 4.98 Å². The highest BCUT2D eigenvalue weighted by Crippen LogP contribution is 2.34. The number of ether oxygens (including phenoxy) is 1. The second kappa shape index (κ2) is 9.92. The van der Waals surface area contributed by atoms with Crippen molar-refractivity contribution in [1.82, 2.24) is 14.3 Å². The molecule has 3 heterocycles. The molecule has 0 spiro atoms. The normalized spacial score (nSPS) is 18.2. The van der Waals surface area contributed by atoms with Gasteiger partial charge in [0.2, 0.25) is 0 Å². The number of aromatic nitrogens is 2. The number of imidazole rings is 1. The van der Waals surface area contributed by atoms with Crippen LogP contribution in [-0.4, -0.2) is 59.2 Å². The molecule has 1 saturated carbocycles. The monoisotopic (exact) mass is 468 g/mol. The van der Waals surface area contributed by atoms with E-state index in [0.717, 1.165) is 48.0 Å². The van der Waals surface area contributed by atoms with Crippen molar-refractivity contribution in [3.63, 3.8) is 0 Å². The summed E-state index contributed by atoms with van der Waals surface area (Å²) >= 11 is 6.36.